The van der Waals surface area contributed by atoms with Crippen molar-refractivity contribution >= 4 is 28.9 Å². The van der Waals surface area contributed by atoms with E-state index in [0.29, 0.717) is 11.3 Å². The second-order valence-corrected chi connectivity index (χ2v) is 3.65. The molecule has 0 bridgehead atoms. The number of hydrogen-bond acceptors (Lipinski definition) is 3. The number of benzene rings is 1. The van der Waals surface area contributed by atoms with Crippen LogP contribution >= 0.6 is 22.6 Å². The highest BCUT2D eigenvalue weighted by Gasteiger charge is 2.06. The normalized spacial score (nSPS) is 9.69. The van der Waals surface area contributed by atoms with Crippen molar-refractivity contribution in [3.8, 4) is 11.5 Å². The maximum Gasteiger partial charge on any atom is 0.132 e. The first-order valence-corrected chi connectivity index (χ1v) is 4.76. The van der Waals surface area contributed by atoms with Gasteiger partial charge in [-0.15, -0.1) is 0 Å². The Balaban J connectivity index is 3.13. The summed E-state index contributed by atoms with van der Waals surface area (Å²) in [6, 6.07) is 3.25. The topological polar surface area (TPSA) is 46.5 Å². The average molecular weight is 292 g/mol. The summed E-state index contributed by atoms with van der Waals surface area (Å²) in [7, 11) is 1.55. The molecular formula is C9H9IO3. The van der Waals surface area contributed by atoms with Crippen LogP contribution in [0, 0.1) is 3.57 Å². The van der Waals surface area contributed by atoms with Crippen LogP contribution in [0.25, 0.3) is 0 Å². The van der Waals surface area contributed by atoms with Gasteiger partial charge in [-0.05, 0) is 34.7 Å². The monoisotopic (exact) mass is 292 g/mol. The predicted octanol–water partition coefficient (Wildman–Crippen LogP) is 1.75. The molecular weight excluding hydrogens is 283 g/mol. The van der Waals surface area contributed by atoms with Crippen LogP contribution in [0.3, 0.4) is 0 Å². The Kier molecular flexibility index (Phi) is 3.53. The van der Waals surface area contributed by atoms with Gasteiger partial charge in [0.15, 0.2) is 0 Å². The molecule has 13 heavy (non-hydrogen) atoms. The molecule has 0 atom stereocenters. The molecule has 1 aromatic carbocycles. The molecule has 0 heterocycles. The first-order valence-electron chi connectivity index (χ1n) is 3.68. The number of rotatable bonds is 3. The van der Waals surface area contributed by atoms with E-state index in [1.54, 1.807) is 19.2 Å². The van der Waals surface area contributed by atoms with Crippen molar-refractivity contribution in [1.82, 2.24) is 0 Å². The minimum Gasteiger partial charge on any atom is -0.508 e. The fraction of sp³-hybridized carbons (Fsp3) is 0.222. The van der Waals surface area contributed by atoms with Crippen molar-refractivity contribution in [2.75, 3.05) is 7.11 Å². The Hall–Kier alpha value is -0.780. The lowest BCUT2D eigenvalue weighted by Gasteiger charge is -2.06. The summed E-state index contributed by atoms with van der Waals surface area (Å²) in [5, 5.41) is 9.42. The molecule has 0 fully saturated rings. The van der Waals surface area contributed by atoms with Gasteiger partial charge < -0.3 is 14.6 Å². The highest BCUT2D eigenvalue weighted by Crippen LogP contribution is 2.28. The van der Waals surface area contributed by atoms with Gasteiger partial charge in [-0.25, -0.2) is 0 Å². The minimum atomic E-state index is 0.136. The van der Waals surface area contributed by atoms with E-state index in [9.17, 15) is 9.90 Å². The second-order valence-electron chi connectivity index (χ2n) is 2.49. The van der Waals surface area contributed by atoms with Crippen molar-refractivity contribution < 1.29 is 14.6 Å². The van der Waals surface area contributed by atoms with Crippen molar-refractivity contribution in [3.05, 3.63) is 21.3 Å². The summed E-state index contributed by atoms with van der Waals surface area (Å²) in [6.45, 7) is 0. The van der Waals surface area contributed by atoms with Gasteiger partial charge in [0.2, 0.25) is 0 Å². The summed E-state index contributed by atoms with van der Waals surface area (Å²) in [6.07, 6.45) is 0.959. The SMILES string of the molecule is COc1cc(CC=O)c(O)cc1I. The number of methoxy groups -OCH3 is 1. The average Bonchev–Trinajstić information content (AvgIpc) is 2.10. The molecule has 0 amide bonds. The Morgan fingerprint density at radius 3 is 2.85 bits per heavy atom. The molecule has 70 valence electrons. The van der Waals surface area contributed by atoms with Gasteiger partial charge in [-0.2, -0.15) is 0 Å². The molecule has 4 heteroatoms. The second kappa shape index (κ2) is 4.45. The zero-order chi connectivity index (χ0) is 9.84. The lowest BCUT2D eigenvalue weighted by atomic mass is 10.1. The molecule has 1 aromatic rings. The van der Waals surface area contributed by atoms with Gasteiger partial charge in [0.25, 0.3) is 0 Å². The summed E-state index contributed by atoms with van der Waals surface area (Å²) >= 11 is 2.06. The highest BCUT2D eigenvalue weighted by atomic mass is 127. The third-order valence-corrected chi connectivity index (χ3v) is 2.50. The van der Waals surface area contributed by atoms with E-state index < -0.39 is 0 Å². The maximum atomic E-state index is 10.3. The summed E-state index contributed by atoms with van der Waals surface area (Å²) in [4.78, 5) is 10.3. The standard InChI is InChI=1S/C9H9IO3/c1-13-9-4-6(2-3-11)8(12)5-7(9)10/h3-5,12H,2H2,1H3. The van der Waals surface area contributed by atoms with Gasteiger partial charge in [0, 0.05) is 12.0 Å². The number of phenols is 1. The number of aromatic hydroxyl groups is 1. The van der Waals surface area contributed by atoms with Crippen molar-refractivity contribution in [2.45, 2.75) is 6.42 Å². The van der Waals surface area contributed by atoms with Crippen LogP contribution in [-0.4, -0.2) is 18.5 Å². The highest BCUT2D eigenvalue weighted by molar-refractivity contribution is 14.1. The zero-order valence-corrected chi connectivity index (χ0v) is 9.24. The van der Waals surface area contributed by atoms with Crippen molar-refractivity contribution in [2.24, 2.45) is 0 Å². The molecule has 0 radical (unpaired) electrons. The van der Waals surface area contributed by atoms with Crippen molar-refractivity contribution in [1.29, 1.82) is 0 Å². The third kappa shape index (κ3) is 2.33. The van der Waals surface area contributed by atoms with Crippen molar-refractivity contribution in [3.63, 3.8) is 0 Å². The number of carbonyl (C=O) groups excluding carboxylic acids is 1. The van der Waals surface area contributed by atoms with E-state index in [1.807, 2.05) is 0 Å². The number of aldehydes is 1. The van der Waals surface area contributed by atoms with Gasteiger partial charge in [-0.1, -0.05) is 0 Å². The molecule has 0 aliphatic rings. The van der Waals surface area contributed by atoms with E-state index in [1.165, 1.54) is 0 Å². The molecule has 0 unspecified atom stereocenters. The van der Waals surface area contributed by atoms with Crippen LogP contribution in [0.1, 0.15) is 5.56 Å². The van der Waals surface area contributed by atoms with Crippen LogP contribution in [0.15, 0.2) is 12.1 Å². The number of carbonyl (C=O) groups is 1. The Labute approximate surface area is 89.9 Å². The first kappa shape index (κ1) is 10.3. The molecule has 0 aliphatic carbocycles. The zero-order valence-electron chi connectivity index (χ0n) is 7.08. The summed E-state index contributed by atoms with van der Waals surface area (Å²) in [5.41, 5.74) is 0.590. The maximum absolute atomic E-state index is 10.3. The molecule has 0 spiro atoms. The minimum absolute atomic E-state index is 0.136. The summed E-state index contributed by atoms with van der Waals surface area (Å²) in [5.74, 6) is 0.813. The number of ether oxygens (including phenoxy) is 1. The van der Waals surface area contributed by atoms with Crippen LogP contribution in [0.4, 0.5) is 0 Å². The van der Waals surface area contributed by atoms with E-state index in [4.69, 9.17) is 4.74 Å². The molecule has 0 aromatic heterocycles. The van der Waals surface area contributed by atoms with E-state index >= 15 is 0 Å². The molecule has 0 saturated carbocycles. The Bertz CT molecular complexity index is 323. The lowest BCUT2D eigenvalue weighted by molar-refractivity contribution is -0.107. The number of phenolic OH excluding ortho intramolecular Hbond substituents is 1. The largest absolute Gasteiger partial charge is 0.508 e. The quantitative estimate of drug-likeness (QED) is 0.682. The van der Waals surface area contributed by atoms with Gasteiger partial charge in [-0.3, -0.25) is 0 Å². The fourth-order valence-electron chi connectivity index (χ4n) is 0.995. The van der Waals surface area contributed by atoms with Gasteiger partial charge in [0.1, 0.15) is 17.8 Å². The van der Waals surface area contributed by atoms with E-state index in [-0.39, 0.29) is 12.2 Å². The van der Waals surface area contributed by atoms with Gasteiger partial charge >= 0.3 is 0 Å². The molecule has 0 saturated heterocycles. The van der Waals surface area contributed by atoms with E-state index in [0.717, 1.165) is 9.86 Å². The summed E-state index contributed by atoms with van der Waals surface area (Å²) < 4.78 is 5.88. The van der Waals surface area contributed by atoms with Crippen LogP contribution in [-0.2, 0) is 11.2 Å². The third-order valence-electron chi connectivity index (χ3n) is 1.66. The van der Waals surface area contributed by atoms with E-state index in [2.05, 4.69) is 22.6 Å². The predicted molar refractivity (Wildman–Crippen MR) is 57.1 cm³/mol. The van der Waals surface area contributed by atoms with Gasteiger partial charge in [0.05, 0.1) is 10.7 Å². The number of halogens is 1. The molecule has 1 rings (SSSR count). The van der Waals surface area contributed by atoms with Crippen LogP contribution in [0.5, 0.6) is 11.5 Å². The van der Waals surface area contributed by atoms with Crippen LogP contribution in [0.2, 0.25) is 0 Å². The molecule has 1 N–H and O–H groups in total. The smallest absolute Gasteiger partial charge is 0.132 e. The Morgan fingerprint density at radius 1 is 1.62 bits per heavy atom. The molecule has 0 aliphatic heterocycles. The lowest BCUT2D eigenvalue weighted by Crippen LogP contribution is -1.92. The Morgan fingerprint density at radius 2 is 2.31 bits per heavy atom. The number of hydrogen-bond donors (Lipinski definition) is 1. The molecule has 3 nitrogen and oxygen atoms in total. The fourth-order valence-corrected chi connectivity index (χ4v) is 1.67. The van der Waals surface area contributed by atoms with Crippen LogP contribution < -0.4 is 4.74 Å². The first-order chi connectivity index (χ1) is 6.19.